The Balaban J connectivity index is 3.38. The first kappa shape index (κ1) is 10.1. The van der Waals surface area contributed by atoms with Crippen LogP contribution in [-0.4, -0.2) is 12.4 Å². The molecule has 0 aliphatic heterocycles. The fourth-order valence-corrected chi connectivity index (χ4v) is 1.36. The number of hydrogen-bond donors (Lipinski definition) is 0. The highest BCUT2D eigenvalue weighted by molar-refractivity contribution is 6.68. The molecule has 0 atom stereocenters. The molecule has 0 N–H and O–H groups in total. The fraction of sp³-hybridized carbons (Fsp3) is 0.300. The maximum atomic E-state index is 11.0. The second kappa shape index (κ2) is 3.79. The van der Waals surface area contributed by atoms with Gasteiger partial charge >= 0.3 is 0 Å². The standard InChI is InChI=1S/C10H11ClO2/c1-6-4-5-8(10(11)12)9(13-3)7(6)2/h4-5H,1-3H3. The van der Waals surface area contributed by atoms with Crippen LogP contribution in [-0.2, 0) is 0 Å². The lowest BCUT2D eigenvalue weighted by Gasteiger charge is -2.10. The molecule has 70 valence electrons. The third-order valence-electron chi connectivity index (χ3n) is 2.09. The monoisotopic (exact) mass is 198 g/mol. The Kier molecular flexibility index (Phi) is 2.94. The van der Waals surface area contributed by atoms with Crippen molar-refractivity contribution in [2.75, 3.05) is 7.11 Å². The van der Waals surface area contributed by atoms with Crippen molar-refractivity contribution in [3.05, 3.63) is 28.8 Å². The van der Waals surface area contributed by atoms with Crippen molar-refractivity contribution in [1.82, 2.24) is 0 Å². The second-order valence-electron chi connectivity index (χ2n) is 2.86. The summed E-state index contributed by atoms with van der Waals surface area (Å²) in [5.41, 5.74) is 2.46. The topological polar surface area (TPSA) is 26.3 Å². The van der Waals surface area contributed by atoms with Crippen LogP contribution in [0, 0.1) is 13.8 Å². The Labute approximate surface area is 82.5 Å². The number of aryl methyl sites for hydroxylation is 1. The van der Waals surface area contributed by atoms with E-state index in [0.717, 1.165) is 11.1 Å². The second-order valence-corrected chi connectivity index (χ2v) is 3.21. The predicted octanol–water partition coefficient (Wildman–Crippen LogP) is 2.69. The van der Waals surface area contributed by atoms with E-state index in [1.54, 1.807) is 6.07 Å². The zero-order valence-corrected chi connectivity index (χ0v) is 8.61. The normalized spacial score (nSPS) is 9.85. The van der Waals surface area contributed by atoms with Crippen LogP contribution < -0.4 is 4.74 Å². The van der Waals surface area contributed by atoms with Gasteiger partial charge in [-0.1, -0.05) is 6.07 Å². The van der Waals surface area contributed by atoms with Gasteiger partial charge in [0.25, 0.3) is 5.24 Å². The molecule has 1 aromatic rings. The van der Waals surface area contributed by atoms with E-state index in [-0.39, 0.29) is 0 Å². The van der Waals surface area contributed by atoms with Crippen LogP contribution >= 0.6 is 11.6 Å². The molecule has 3 heteroatoms. The summed E-state index contributed by atoms with van der Waals surface area (Å²) in [6.07, 6.45) is 0. The molecule has 0 aromatic heterocycles. The van der Waals surface area contributed by atoms with Gasteiger partial charge in [0.15, 0.2) is 0 Å². The van der Waals surface area contributed by atoms with Gasteiger partial charge in [0.2, 0.25) is 0 Å². The van der Waals surface area contributed by atoms with Crippen LogP contribution in [0.5, 0.6) is 5.75 Å². The van der Waals surface area contributed by atoms with Crippen LogP contribution in [0.3, 0.4) is 0 Å². The van der Waals surface area contributed by atoms with Crippen molar-refractivity contribution in [2.24, 2.45) is 0 Å². The highest BCUT2D eigenvalue weighted by Gasteiger charge is 2.12. The summed E-state index contributed by atoms with van der Waals surface area (Å²) in [6.45, 7) is 3.86. The molecule has 13 heavy (non-hydrogen) atoms. The van der Waals surface area contributed by atoms with E-state index in [4.69, 9.17) is 16.3 Å². The van der Waals surface area contributed by atoms with Gasteiger partial charge in [-0.2, -0.15) is 0 Å². The van der Waals surface area contributed by atoms with Gasteiger partial charge in [-0.3, -0.25) is 4.79 Å². The van der Waals surface area contributed by atoms with E-state index < -0.39 is 5.24 Å². The summed E-state index contributed by atoms with van der Waals surface area (Å²) < 4.78 is 5.11. The predicted molar refractivity (Wildman–Crippen MR) is 52.7 cm³/mol. The van der Waals surface area contributed by atoms with E-state index in [0.29, 0.717) is 11.3 Å². The van der Waals surface area contributed by atoms with Crippen molar-refractivity contribution < 1.29 is 9.53 Å². The Hall–Kier alpha value is -1.02. The Bertz CT molecular complexity index is 345. The number of carbonyl (C=O) groups is 1. The minimum absolute atomic E-state index is 0.423. The lowest BCUT2D eigenvalue weighted by Crippen LogP contribution is -1.99. The number of benzene rings is 1. The number of carbonyl (C=O) groups excluding carboxylic acids is 1. The number of halogens is 1. The van der Waals surface area contributed by atoms with Gasteiger partial charge < -0.3 is 4.74 Å². The molecule has 0 aliphatic carbocycles. The first-order valence-electron chi connectivity index (χ1n) is 3.92. The first-order valence-corrected chi connectivity index (χ1v) is 4.29. The van der Waals surface area contributed by atoms with E-state index in [2.05, 4.69) is 0 Å². The Morgan fingerprint density at radius 1 is 1.38 bits per heavy atom. The van der Waals surface area contributed by atoms with Crippen LogP contribution in [0.25, 0.3) is 0 Å². The van der Waals surface area contributed by atoms with Crippen molar-refractivity contribution in [3.63, 3.8) is 0 Å². The molecule has 1 aromatic carbocycles. The smallest absolute Gasteiger partial charge is 0.256 e. The molecular formula is C10H11ClO2. The van der Waals surface area contributed by atoms with Gasteiger partial charge in [0, 0.05) is 0 Å². The molecule has 2 nitrogen and oxygen atoms in total. The van der Waals surface area contributed by atoms with E-state index in [1.807, 2.05) is 19.9 Å². The molecule has 0 radical (unpaired) electrons. The van der Waals surface area contributed by atoms with Crippen molar-refractivity contribution >= 4 is 16.8 Å². The first-order chi connectivity index (χ1) is 6.07. The summed E-state index contributed by atoms with van der Waals surface area (Å²) in [6, 6.07) is 3.53. The van der Waals surface area contributed by atoms with Crippen molar-refractivity contribution in [2.45, 2.75) is 13.8 Å². The van der Waals surface area contributed by atoms with Crippen molar-refractivity contribution in [1.29, 1.82) is 0 Å². The number of hydrogen-bond acceptors (Lipinski definition) is 2. The van der Waals surface area contributed by atoms with Gasteiger partial charge in [-0.15, -0.1) is 0 Å². The zero-order valence-electron chi connectivity index (χ0n) is 7.85. The van der Waals surface area contributed by atoms with Crippen LogP contribution in [0.2, 0.25) is 0 Å². The molecule has 0 saturated carbocycles. The average molecular weight is 199 g/mol. The molecule has 0 aliphatic rings. The van der Waals surface area contributed by atoms with Crippen LogP contribution in [0.4, 0.5) is 0 Å². The highest BCUT2D eigenvalue weighted by atomic mass is 35.5. The van der Waals surface area contributed by atoms with E-state index in [9.17, 15) is 4.79 Å². The molecule has 0 bridgehead atoms. The fourth-order valence-electron chi connectivity index (χ4n) is 1.21. The van der Waals surface area contributed by atoms with Gasteiger partial charge in [0.1, 0.15) is 5.75 Å². The molecule has 1 rings (SSSR count). The van der Waals surface area contributed by atoms with Crippen molar-refractivity contribution in [3.8, 4) is 5.75 Å². The number of rotatable bonds is 2. The van der Waals surface area contributed by atoms with Crippen LogP contribution in [0.15, 0.2) is 12.1 Å². The number of methoxy groups -OCH3 is 1. The quantitative estimate of drug-likeness (QED) is 0.683. The molecular weight excluding hydrogens is 188 g/mol. The largest absolute Gasteiger partial charge is 0.496 e. The molecule has 0 saturated heterocycles. The number of ether oxygens (including phenoxy) is 1. The lowest BCUT2D eigenvalue weighted by atomic mass is 10.1. The van der Waals surface area contributed by atoms with Gasteiger partial charge in [-0.25, -0.2) is 0 Å². The van der Waals surface area contributed by atoms with Gasteiger partial charge in [0.05, 0.1) is 12.7 Å². The highest BCUT2D eigenvalue weighted by Crippen LogP contribution is 2.27. The third kappa shape index (κ3) is 1.83. The maximum absolute atomic E-state index is 11.0. The van der Waals surface area contributed by atoms with Crippen LogP contribution in [0.1, 0.15) is 21.5 Å². The maximum Gasteiger partial charge on any atom is 0.256 e. The van der Waals surface area contributed by atoms with E-state index >= 15 is 0 Å². The third-order valence-corrected chi connectivity index (χ3v) is 2.30. The zero-order chi connectivity index (χ0) is 10.0. The summed E-state index contributed by atoms with van der Waals surface area (Å²) in [4.78, 5) is 11.0. The molecule has 0 amide bonds. The summed E-state index contributed by atoms with van der Waals surface area (Å²) >= 11 is 5.39. The molecule has 0 unspecified atom stereocenters. The average Bonchev–Trinajstić information content (AvgIpc) is 2.09. The Morgan fingerprint density at radius 3 is 2.46 bits per heavy atom. The summed E-state index contributed by atoms with van der Waals surface area (Å²) in [5.74, 6) is 0.569. The minimum Gasteiger partial charge on any atom is -0.496 e. The molecule has 0 spiro atoms. The molecule has 0 fully saturated rings. The minimum atomic E-state index is -0.486. The lowest BCUT2D eigenvalue weighted by molar-refractivity contribution is 0.107. The molecule has 0 heterocycles. The SMILES string of the molecule is COc1c(C(=O)Cl)ccc(C)c1C. The summed E-state index contributed by atoms with van der Waals surface area (Å²) in [7, 11) is 1.53. The van der Waals surface area contributed by atoms with Gasteiger partial charge in [-0.05, 0) is 42.6 Å². The summed E-state index contributed by atoms with van der Waals surface area (Å²) in [5, 5.41) is -0.486. The Morgan fingerprint density at radius 2 is 2.00 bits per heavy atom. The van der Waals surface area contributed by atoms with E-state index in [1.165, 1.54) is 7.11 Å².